The molecule has 1 aromatic carbocycles. The number of benzene rings is 1. The van der Waals surface area contributed by atoms with Gasteiger partial charge in [-0.1, -0.05) is 0 Å². The SMILES string of the molecule is COc1ccc(C(F)(F)F)cc1CCCO. The molecule has 90 valence electrons. The lowest BCUT2D eigenvalue weighted by atomic mass is 10.0. The van der Waals surface area contributed by atoms with Gasteiger partial charge in [0.2, 0.25) is 0 Å². The molecule has 0 spiro atoms. The van der Waals surface area contributed by atoms with Gasteiger partial charge in [-0.05, 0) is 36.6 Å². The van der Waals surface area contributed by atoms with E-state index in [1.54, 1.807) is 0 Å². The third-order valence-electron chi connectivity index (χ3n) is 2.21. The van der Waals surface area contributed by atoms with Crippen molar-refractivity contribution in [2.45, 2.75) is 19.0 Å². The third kappa shape index (κ3) is 3.13. The van der Waals surface area contributed by atoms with Crippen LogP contribution in [0.4, 0.5) is 13.2 Å². The monoisotopic (exact) mass is 234 g/mol. The van der Waals surface area contributed by atoms with Gasteiger partial charge in [-0.3, -0.25) is 0 Å². The van der Waals surface area contributed by atoms with Gasteiger partial charge in [0.05, 0.1) is 12.7 Å². The summed E-state index contributed by atoms with van der Waals surface area (Å²) in [6, 6.07) is 3.35. The van der Waals surface area contributed by atoms with Gasteiger partial charge in [-0.2, -0.15) is 13.2 Å². The molecule has 1 aromatic rings. The summed E-state index contributed by atoms with van der Waals surface area (Å²) in [5.41, 5.74) is -0.229. The molecule has 0 heterocycles. The lowest BCUT2D eigenvalue weighted by Gasteiger charge is -2.12. The molecular formula is C11H13F3O2. The largest absolute Gasteiger partial charge is 0.496 e. The summed E-state index contributed by atoms with van der Waals surface area (Å²) in [7, 11) is 1.41. The van der Waals surface area contributed by atoms with E-state index in [9.17, 15) is 13.2 Å². The molecule has 5 heteroatoms. The van der Waals surface area contributed by atoms with E-state index in [0.717, 1.165) is 12.1 Å². The maximum atomic E-state index is 12.4. The molecule has 0 unspecified atom stereocenters. The van der Waals surface area contributed by atoms with E-state index < -0.39 is 11.7 Å². The Morgan fingerprint density at radius 3 is 2.50 bits per heavy atom. The van der Waals surface area contributed by atoms with Crippen molar-refractivity contribution in [3.05, 3.63) is 29.3 Å². The molecular weight excluding hydrogens is 221 g/mol. The van der Waals surface area contributed by atoms with Crippen LogP contribution in [0, 0.1) is 0 Å². The molecule has 0 aliphatic heterocycles. The molecule has 0 atom stereocenters. The number of hydrogen-bond acceptors (Lipinski definition) is 2. The number of aliphatic hydroxyl groups excluding tert-OH is 1. The van der Waals surface area contributed by atoms with Crippen molar-refractivity contribution in [2.24, 2.45) is 0 Å². The Morgan fingerprint density at radius 1 is 1.31 bits per heavy atom. The Balaban J connectivity index is 3.01. The van der Waals surface area contributed by atoms with E-state index in [1.807, 2.05) is 0 Å². The fraction of sp³-hybridized carbons (Fsp3) is 0.455. The molecule has 1 N–H and O–H groups in total. The van der Waals surface area contributed by atoms with Crippen LogP contribution in [0.2, 0.25) is 0 Å². The average molecular weight is 234 g/mol. The van der Waals surface area contributed by atoms with Gasteiger partial charge in [0.15, 0.2) is 0 Å². The fourth-order valence-corrected chi connectivity index (χ4v) is 1.42. The molecule has 1 rings (SSSR count). The smallest absolute Gasteiger partial charge is 0.416 e. The Labute approximate surface area is 91.7 Å². The van der Waals surface area contributed by atoms with E-state index in [1.165, 1.54) is 13.2 Å². The summed E-state index contributed by atoms with van der Waals surface area (Å²) in [6.07, 6.45) is -3.57. The van der Waals surface area contributed by atoms with Crippen molar-refractivity contribution in [3.63, 3.8) is 0 Å². The molecule has 0 radical (unpaired) electrons. The van der Waals surface area contributed by atoms with Crippen molar-refractivity contribution in [2.75, 3.05) is 13.7 Å². The van der Waals surface area contributed by atoms with Crippen molar-refractivity contribution in [1.29, 1.82) is 0 Å². The van der Waals surface area contributed by atoms with Gasteiger partial charge in [-0.15, -0.1) is 0 Å². The molecule has 0 aromatic heterocycles. The first-order valence-electron chi connectivity index (χ1n) is 4.84. The maximum absolute atomic E-state index is 12.4. The van der Waals surface area contributed by atoms with Crippen LogP contribution < -0.4 is 4.74 Å². The Kier molecular flexibility index (Phi) is 4.18. The van der Waals surface area contributed by atoms with E-state index in [0.29, 0.717) is 24.2 Å². The van der Waals surface area contributed by atoms with Gasteiger partial charge in [0.25, 0.3) is 0 Å². The predicted molar refractivity (Wildman–Crippen MR) is 53.4 cm³/mol. The molecule has 0 aliphatic carbocycles. The number of methoxy groups -OCH3 is 1. The van der Waals surface area contributed by atoms with Crippen LogP contribution in [0.25, 0.3) is 0 Å². The van der Waals surface area contributed by atoms with Crippen molar-refractivity contribution in [1.82, 2.24) is 0 Å². The first-order chi connectivity index (χ1) is 7.49. The van der Waals surface area contributed by atoms with E-state index in [4.69, 9.17) is 9.84 Å². The second-order valence-corrected chi connectivity index (χ2v) is 3.35. The Hall–Kier alpha value is -1.23. The predicted octanol–water partition coefficient (Wildman–Crippen LogP) is 2.64. The highest BCUT2D eigenvalue weighted by molar-refractivity contribution is 5.38. The summed E-state index contributed by atoms with van der Waals surface area (Å²) in [6.45, 7) is -0.0562. The first-order valence-corrected chi connectivity index (χ1v) is 4.84. The minimum atomic E-state index is -4.35. The molecule has 0 aliphatic rings. The average Bonchev–Trinajstić information content (AvgIpc) is 2.24. The van der Waals surface area contributed by atoms with E-state index in [-0.39, 0.29) is 6.61 Å². The highest BCUT2D eigenvalue weighted by atomic mass is 19.4. The van der Waals surface area contributed by atoms with E-state index >= 15 is 0 Å². The van der Waals surface area contributed by atoms with Crippen LogP contribution in [0.5, 0.6) is 5.75 Å². The first kappa shape index (κ1) is 12.8. The lowest BCUT2D eigenvalue weighted by Crippen LogP contribution is -2.06. The second-order valence-electron chi connectivity index (χ2n) is 3.35. The van der Waals surface area contributed by atoms with Crippen LogP contribution in [0.15, 0.2) is 18.2 Å². The quantitative estimate of drug-likeness (QED) is 0.867. The fourth-order valence-electron chi connectivity index (χ4n) is 1.42. The number of rotatable bonds is 4. The van der Waals surface area contributed by atoms with Crippen LogP contribution in [-0.2, 0) is 12.6 Å². The van der Waals surface area contributed by atoms with Crippen LogP contribution in [-0.4, -0.2) is 18.8 Å². The lowest BCUT2D eigenvalue weighted by molar-refractivity contribution is -0.137. The van der Waals surface area contributed by atoms with Crippen LogP contribution in [0.1, 0.15) is 17.5 Å². The number of aliphatic hydroxyl groups is 1. The van der Waals surface area contributed by atoms with Gasteiger partial charge in [0.1, 0.15) is 5.75 Å². The normalized spacial score (nSPS) is 11.6. The highest BCUT2D eigenvalue weighted by Crippen LogP contribution is 2.32. The number of ether oxygens (including phenoxy) is 1. The summed E-state index contributed by atoms with van der Waals surface area (Å²) < 4.78 is 42.3. The zero-order chi connectivity index (χ0) is 12.2. The summed E-state index contributed by atoms with van der Waals surface area (Å²) >= 11 is 0. The van der Waals surface area contributed by atoms with Crippen molar-refractivity contribution in [3.8, 4) is 5.75 Å². The van der Waals surface area contributed by atoms with Crippen LogP contribution in [0.3, 0.4) is 0 Å². The molecule has 0 saturated heterocycles. The Bertz CT molecular complexity index is 348. The summed E-state index contributed by atoms with van der Waals surface area (Å²) in [4.78, 5) is 0. The minimum Gasteiger partial charge on any atom is -0.496 e. The molecule has 0 bridgehead atoms. The summed E-state index contributed by atoms with van der Waals surface area (Å²) in [5, 5.41) is 8.66. The number of hydrogen-bond donors (Lipinski definition) is 1. The van der Waals surface area contributed by atoms with Gasteiger partial charge < -0.3 is 9.84 Å². The van der Waals surface area contributed by atoms with Crippen LogP contribution >= 0.6 is 0 Å². The zero-order valence-corrected chi connectivity index (χ0v) is 8.84. The number of aryl methyl sites for hydroxylation is 1. The van der Waals surface area contributed by atoms with E-state index in [2.05, 4.69) is 0 Å². The molecule has 0 amide bonds. The third-order valence-corrected chi connectivity index (χ3v) is 2.21. The molecule has 2 nitrogen and oxygen atoms in total. The zero-order valence-electron chi connectivity index (χ0n) is 8.84. The number of alkyl halides is 3. The second kappa shape index (κ2) is 5.21. The topological polar surface area (TPSA) is 29.5 Å². The number of halogens is 3. The standard InChI is InChI=1S/C11H13F3O2/c1-16-10-5-4-9(11(12,13)14)7-8(10)3-2-6-15/h4-5,7,15H,2-3,6H2,1H3. The highest BCUT2D eigenvalue weighted by Gasteiger charge is 2.30. The molecule has 0 saturated carbocycles. The molecule has 16 heavy (non-hydrogen) atoms. The van der Waals surface area contributed by atoms with Gasteiger partial charge in [0, 0.05) is 6.61 Å². The Morgan fingerprint density at radius 2 is 2.00 bits per heavy atom. The van der Waals surface area contributed by atoms with Crippen molar-refractivity contribution < 1.29 is 23.0 Å². The van der Waals surface area contributed by atoms with Gasteiger partial charge in [-0.25, -0.2) is 0 Å². The maximum Gasteiger partial charge on any atom is 0.416 e. The molecule has 0 fully saturated rings. The minimum absolute atomic E-state index is 0.0562. The van der Waals surface area contributed by atoms with Gasteiger partial charge >= 0.3 is 6.18 Å². The summed E-state index contributed by atoms with van der Waals surface area (Å²) in [5.74, 6) is 0.418. The van der Waals surface area contributed by atoms with Crippen molar-refractivity contribution >= 4 is 0 Å².